The second kappa shape index (κ2) is 7.25. The summed E-state index contributed by atoms with van der Waals surface area (Å²) in [5.41, 5.74) is -3.82. The molecule has 12 heteroatoms. The maximum absolute atomic E-state index is 12.5. The van der Waals surface area contributed by atoms with E-state index in [9.17, 15) is 35.9 Å². The average molecular weight is 400 g/mol. The van der Waals surface area contributed by atoms with Crippen molar-refractivity contribution in [3.05, 3.63) is 23.8 Å². The first kappa shape index (κ1) is 20.8. The summed E-state index contributed by atoms with van der Waals surface area (Å²) in [6, 6.07) is 4.36. The third kappa shape index (κ3) is 4.62. The summed E-state index contributed by atoms with van der Waals surface area (Å²) in [5, 5.41) is 12.9. The lowest BCUT2D eigenvalue weighted by Crippen LogP contribution is -2.63. The summed E-state index contributed by atoms with van der Waals surface area (Å²) in [7, 11) is 0. The smallest absolute Gasteiger partial charge is 0.428 e. The van der Waals surface area contributed by atoms with Crippen molar-refractivity contribution < 1.29 is 45.8 Å². The number of benzene rings is 1. The first-order valence-corrected chi connectivity index (χ1v) is 7.51. The Bertz CT molecular complexity index is 718. The zero-order valence-electron chi connectivity index (χ0n) is 13.5. The molecule has 2 amide bonds. The molecule has 0 atom stereocenters. The SMILES string of the molecule is O=C(COc1ccc2c(c1)CCC(=O)N2)NCC(O)(C(F)(F)F)C(F)(F)F. The van der Waals surface area contributed by atoms with Crippen LogP contribution in [0.1, 0.15) is 12.0 Å². The van der Waals surface area contributed by atoms with Crippen molar-refractivity contribution in [2.75, 3.05) is 18.5 Å². The second-order valence-electron chi connectivity index (χ2n) is 5.79. The number of aryl methyl sites for hydroxylation is 1. The van der Waals surface area contributed by atoms with Crippen LogP contribution in [0.4, 0.5) is 32.0 Å². The van der Waals surface area contributed by atoms with Gasteiger partial charge in [-0.1, -0.05) is 0 Å². The van der Waals surface area contributed by atoms with Crippen LogP contribution in [-0.4, -0.2) is 48.0 Å². The van der Waals surface area contributed by atoms with E-state index in [4.69, 9.17) is 9.84 Å². The Kier molecular flexibility index (Phi) is 5.59. The summed E-state index contributed by atoms with van der Waals surface area (Å²) in [4.78, 5) is 22.8. The van der Waals surface area contributed by atoms with E-state index >= 15 is 0 Å². The highest BCUT2D eigenvalue weighted by Gasteiger charge is 2.70. The van der Waals surface area contributed by atoms with Gasteiger partial charge < -0.3 is 20.5 Å². The number of hydrogen-bond acceptors (Lipinski definition) is 4. The van der Waals surface area contributed by atoms with Crippen molar-refractivity contribution in [1.82, 2.24) is 5.32 Å². The van der Waals surface area contributed by atoms with Gasteiger partial charge >= 0.3 is 12.4 Å². The largest absolute Gasteiger partial charge is 0.484 e. The molecule has 0 saturated carbocycles. The summed E-state index contributed by atoms with van der Waals surface area (Å²) < 4.78 is 80.1. The fourth-order valence-electron chi connectivity index (χ4n) is 2.24. The second-order valence-corrected chi connectivity index (χ2v) is 5.79. The number of aliphatic hydroxyl groups is 1. The third-order valence-electron chi connectivity index (χ3n) is 3.82. The van der Waals surface area contributed by atoms with Gasteiger partial charge in [0.25, 0.3) is 11.5 Å². The molecule has 1 aromatic rings. The van der Waals surface area contributed by atoms with Crippen LogP contribution in [0.25, 0.3) is 0 Å². The Balaban J connectivity index is 1.94. The van der Waals surface area contributed by atoms with Crippen molar-refractivity contribution in [2.24, 2.45) is 0 Å². The van der Waals surface area contributed by atoms with Crippen LogP contribution in [-0.2, 0) is 16.0 Å². The summed E-state index contributed by atoms with van der Waals surface area (Å²) in [6.45, 7) is -2.96. The van der Waals surface area contributed by atoms with Gasteiger partial charge in [-0.15, -0.1) is 0 Å². The highest BCUT2D eigenvalue weighted by Crippen LogP contribution is 2.42. The maximum atomic E-state index is 12.5. The van der Waals surface area contributed by atoms with Crippen LogP contribution >= 0.6 is 0 Å². The van der Waals surface area contributed by atoms with Crippen LogP contribution < -0.4 is 15.4 Å². The third-order valence-corrected chi connectivity index (χ3v) is 3.82. The molecular formula is C15H14F6N2O4. The molecule has 0 fully saturated rings. The predicted molar refractivity (Wildman–Crippen MR) is 79.0 cm³/mol. The quantitative estimate of drug-likeness (QED) is 0.660. The van der Waals surface area contributed by atoms with Gasteiger partial charge in [0, 0.05) is 12.1 Å². The molecular weight excluding hydrogens is 386 g/mol. The Morgan fingerprint density at radius 1 is 1.15 bits per heavy atom. The van der Waals surface area contributed by atoms with Gasteiger partial charge in [-0.25, -0.2) is 0 Å². The number of carbonyl (C=O) groups is 2. The molecule has 2 rings (SSSR count). The predicted octanol–water partition coefficient (Wildman–Crippen LogP) is 1.92. The minimum absolute atomic E-state index is 0.141. The van der Waals surface area contributed by atoms with E-state index in [1.807, 2.05) is 0 Å². The number of hydrogen-bond donors (Lipinski definition) is 3. The molecule has 0 radical (unpaired) electrons. The van der Waals surface area contributed by atoms with Crippen molar-refractivity contribution in [3.8, 4) is 5.75 Å². The van der Waals surface area contributed by atoms with E-state index in [1.54, 1.807) is 0 Å². The Morgan fingerprint density at radius 2 is 1.78 bits per heavy atom. The highest BCUT2D eigenvalue weighted by atomic mass is 19.4. The number of ether oxygens (including phenoxy) is 1. The van der Waals surface area contributed by atoms with E-state index in [2.05, 4.69) is 5.32 Å². The molecule has 150 valence electrons. The van der Waals surface area contributed by atoms with E-state index < -0.39 is 37.0 Å². The van der Waals surface area contributed by atoms with Crippen LogP contribution in [0.15, 0.2) is 18.2 Å². The van der Waals surface area contributed by atoms with E-state index in [0.717, 1.165) is 0 Å². The zero-order chi connectivity index (χ0) is 20.5. The summed E-state index contributed by atoms with van der Waals surface area (Å²) in [5.74, 6) is -1.31. The lowest BCUT2D eigenvalue weighted by atomic mass is 10.0. The minimum Gasteiger partial charge on any atom is -0.484 e. The Labute approximate surface area is 148 Å². The highest BCUT2D eigenvalue weighted by molar-refractivity contribution is 5.94. The topological polar surface area (TPSA) is 87.7 Å². The van der Waals surface area contributed by atoms with Crippen molar-refractivity contribution >= 4 is 17.5 Å². The van der Waals surface area contributed by atoms with Gasteiger partial charge in [-0.05, 0) is 30.2 Å². The number of anilines is 1. The van der Waals surface area contributed by atoms with Gasteiger partial charge in [0.1, 0.15) is 5.75 Å². The molecule has 27 heavy (non-hydrogen) atoms. The van der Waals surface area contributed by atoms with Crippen molar-refractivity contribution in [1.29, 1.82) is 0 Å². The minimum atomic E-state index is -6.03. The molecule has 1 aromatic carbocycles. The molecule has 0 saturated heterocycles. The molecule has 3 N–H and O–H groups in total. The van der Waals surface area contributed by atoms with Crippen molar-refractivity contribution in [2.45, 2.75) is 30.8 Å². The van der Waals surface area contributed by atoms with Gasteiger partial charge in [-0.3, -0.25) is 9.59 Å². The fraction of sp³-hybridized carbons (Fsp3) is 0.467. The average Bonchev–Trinajstić information content (AvgIpc) is 2.55. The number of halogens is 6. The van der Waals surface area contributed by atoms with E-state index in [1.165, 1.54) is 23.5 Å². The molecule has 1 heterocycles. The van der Waals surface area contributed by atoms with Gasteiger partial charge in [0.15, 0.2) is 6.61 Å². The monoisotopic (exact) mass is 400 g/mol. The maximum Gasteiger partial charge on any atom is 0.428 e. The molecule has 0 unspecified atom stereocenters. The number of rotatable bonds is 5. The van der Waals surface area contributed by atoms with E-state index in [-0.39, 0.29) is 18.1 Å². The lowest BCUT2D eigenvalue weighted by Gasteiger charge is -2.32. The van der Waals surface area contributed by atoms with Crippen LogP contribution in [0, 0.1) is 0 Å². The molecule has 6 nitrogen and oxygen atoms in total. The zero-order valence-corrected chi connectivity index (χ0v) is 13.5. The van der Waals surface area contributed by atoms with Crippen molar-refractivity contribution in [3.63, 3.8) is 0 Å². The number of alkyl halides is 6. The number of nitrogens with one attached hydrogen (secondary N) is 2. The summed E-state index contributed by atoms with van der Waals surface area (Å²) in [6.07, 6.45) is -11.4. The van der Waals surface area contributed by atoms with Crippen LogP contribution in [0.5, 0.6) is 5.75 Å². The standard InChI is InChI=1S/C15H14F6N2O4/c16-14(17,18)13(26,15(19,20)21)7-22-12(25)6-27-9-2-3-10-8(5-9)1-4-11(24)23-10/h2-3,5,26H,1,4,6-7H2,(H,22,25)(H,23,24). The lowest BCUT2D eigenvalue weighted by molar-refractivity contribution is -0.364. The number of amides is 2. The Morgan fingerprint density at radius 3 is 2.37 bits per heavy atom. The van der Waals surface area contributed by atoms with Gasteiger partial charge in [0.2, 0.25) is 5.91 Å². The fourth-order valence-corrected chi connectivity index (χ4v) is 2.24. The molecule has 0 spiro atoms. The normalized spacial score (nSPS) is 15.0. The van der Waals surface area contributed by atoms with Crippen LogP contribution in [0.3, 0.4) is 0 Å². The molecule has 1 aliphatic heterocycles. The van der Waals surface area contributed by atoms with Gasteiger partial charge in [-0.2, -0.15) is 26.3 Å². The van der Waals surface area contributed by atoms with Gasteiger partial charge in [0.05, 0.1) is 6.54 Å². The first-order valence-electron chi connectivity index (χ1n) is 7.51. The molecule has 1 aliphatic rings. The molecule has 0 aliphatic carbocycles. The van der Waals surface area contributed by atoms with Crippen LogP contribution in [0.2, 0.25) is 0 Å². The summed E-state index contributed by atoms with van der Waals surface area (Å²) >= 11 is 0. The number of fused-ring (bicyclic) bond motifs is 1. The first-order chi connectivity index (χ1) is 12.3. The molecule has 0 aromatic heterocycles. The number of carbonyl (C=O) groups excluding carboxylic acids is 2. The van der Waals surface area contributed by atoms with E-state index in [0.29, 0.717) is 17.7 Å². The Hall–Kier alpha value is -2.50. The molecule has 0 bridgehead atoms.